The van der Waals surface area contributed by atoms with Gasteiger partial charge in [-0.3, -0.25) is 4.79 Å². The number of thioether (sulfide) groups is 1. The average molecular weight is 368 g/mol. The minimum Gasteiger partial charge on any atom is -0.462 e. The van der Waals surface area contributed by atoms with Crippen molar-refractivity contribution in [1.82, 2.24) is 14.5 Å². The maximum atomic E-state index is 12.5. The predicted molar refractivity (Wildman–Crippen MR) is 94.6 cm³/mol. The largest absolute Gasteiger partial charge is 0.462 e. The average Bonchev–Trinajstić information content (AvgIpc) is 3.10. The number of rotatable bonds is 7. The molecule has 0 aromatic carbocycles. The van der Waals surface area contributed by atoms with Crippen molar-refractivity contribution in [3.05, 3.63) is 23.0 Å². The molecule has 24 heavy (non-hydrogen) atoms. The lowest BCUT2D eigenvalue weighted by molar-refractivity contribution is -0.115. The molecule has 0 radical (unpaired) electrons. The first-order valence-electron chi connectivity index (χ1n) is 7.55. The van der Waals surface area contributed by atoms with Crippen molar-refractivity contribution in [2.75, 3.05) is 11.9 Å². The van der Waals surface area contributed by atoms with Crippen molar-refractivity contribution in [2.24, 2.45) is 7.05 Å². The molecule has 9 heteroatoms. The monoisotopic (exact) mass is 368 g/mol. The number of carbonyl (C=O) groups excluding carboxylic acids is 2. The topological polar surface area (TPSA) is 86.1 Å². The summed E-state index contributed by atoms with van der Waals surface area (Å²) in [4.78, 5) is 33.2. The maximum absolute atomic E-state index is 12.5. The van der Waals surface area contributed by atoms with E-state index in [-0.39, 0.29) is 11.2 Å². The minimum absolute atomic E-state index is 0.158. The van der Waals surface area contributed by atoms with Gasteiger partial charge in [-0.1, -0.05) is 30.0 Å². The molecule has 0 aliphatic rings. The fourth-order valence-electron chi connectivity index (χ4n) is 1.94. The number of esters is 1. The molecule has 0 saturated heterocycles. The molecule has 2 aromatic heterocycles. The highest BCUT2D eigenvalue weighted by Gasteiger charge is 2.23. The fraction of sp³-hybridized carbons (Fsp3) is 0.467. The number of aryl methyl sites for hydroxylation is 2. The van der Waals surface area contributed by atoms with Crippen LogP contribution in [0.5, 0.6) is 0 Å². The molecule has 1 atom stereocenters. The Morgan fingerprint density at radius 2 is 2.21 bits per heavy atom. The van der Waals surface area contributed by atoms with Gasteiger partial charge in [0, 0.05) is 19.4 Å². The zero-order valence-corrected chi connectivity index (χ0v) is 15.7. The number of hydrogen-bond donors (Lipinski definition) is 1. The molecule has 0 spiro atoms. The third-order valence-corrected chi connectivity index (χ3v) is 5.66. The molecule has 0 fully saturated rings. The van der Waals surface area contributed by atoms with Gasteiger partial charge in [0.15, 0.2) is 10.3 Å². The highest BCUT2D eigenvalue weighted by molar-refractivity contribution is 8.00. The van der Waals surface area contributed by atoms with Crippen LogP contribution in [0.4, 0.5) is 5.13 Å². The van der Waals surface area contributed by atoms with Crippen LogP contribution in [0.25, 0.3) is 0 Å². The second-order valence-electron chi connectivity index (χ2n) is 4.98. The summed E-state index contributed by atoms with van der Waals surface area (Å²) in [7, 11) is 1.88. The van der Waals surface area contributed by atoms with Crippen molar-refractivity contribution < 1.29 is 14.3 Å². The van der Waals surface area contributed by atoms with E-state index in [0.29, 0.717) is 28.7 Å². The summed E-state index contributed by atoms with van der Waals surface area (Å²) >= 11 is 2.53. The third kappa shape index (κ3) is 4.35. The Hall–Kier alpha value is -1.87. The van der Waals surface area contributed by atoms with Gasteiger partial charge in [0.1, 0.15) is 4.88 Å². The molecule has 1 N–H and O–H groups in total. The van der Waals surface area contributed by atoms with Gasteiger partial charge >= 0.3 is 5.97 Å². The number of ether oxygens (including phenoxy) is 1. The van der Waals surface area contributed by atoms with Gasteiger partial charge in [0.25, 0.3) is 0 Å². The van der Waals surface area contributed by atoms with Gasteiger partial charge < -0.3 is 14.6 Å². The summed E-state index contributed by atoms with van der Waals surface area (Å²) in [5.74, 6) is -0.572. The Bertz CT molecular complexity index is 726. The number of amides is 1. The van der Waals surface area contributed by atoms with Crippen LogP contribution >= 0.6 is 23.1 Å². The van der Waals surface area contributed by atoms with Crippen LogP contribution in [0.15, 0.2) is 17.6 Å². The van der Waals surface area contributed by atoms with Crippen LogP contribution in [0.1, 0.15) is 35.6 Å². The summed E-state index contributed by atoms with van der Waals surface area (Å²) in [6.07, 6.45) is 4.18. The number of imidazole rings is 1. The van der Waals surface area contributed by atoms with Gasteiger partial charge in [-0.25, -0.2) is 14.8 Å². The molecular weight excluding hydrogens is 348 g/mol. The molecule has 0 aliphatic heterocycles. The van der Waals surface area contributed by atoms with Crippen LogP contribution in [-0.4, -0.2) is 38.3 Å². The van der Waals surface area contributed by atoms with E-state index in [9.17, 15) is 9.59 Å². The number of hydrogen-bond acceptors (Lipinski definition) is 7. The molecular formula is C15H20N4O3S2. The van der Waals surface area contributed by atoms with E-state index in [4.69, 9.17) is 4.74 Å². The number of aromatic nitrogens is 3. The molecule has 130 valence electrons. The van der Waals surface area contributed by atoms with Crippen molar-refractivity contribution in [2.45, 2.75) is 37.6 Å². The van der Waals surface area contributed by atoms with Crippen molar-refractivity contribution in [1.29, 1.82) is 0 Å². The van der Waals surface area contributed by atoms with E-state index in [1.165, 1.54) is 11.8 Å². The summed E-state index contributed by atoms with van der Waals surface area (Å²) in [5.41, 5.74) is 0.554. The van der Waals surface area contributed by atoms with Crippen LogP contribution in [0, 0.1) is 6.92 Å². The molecule has 1 amide bonds. The van der Waals surface area contributed by atoms with Gasteiger partial charge in [0.2, 0.25) is 5.91 Å². The van der Waals surface area contributed by atoms with E-state index < -0.39 is 5.97 Å². The first kappa shape index (κ1) is 18.5. The Labute approximate surface area is 148 Å². The Morgan fingerprint density at radius 3 is 2.79 bits per heavy atom. The smallest absolute Gasteiger partial charge is 0.350 e. The summed E-state index contributed by atoms with van der Waals surface area (Å²) in [5, 5.41) is 3.68. The van der Waals surface area contributed by atoms with Crippen LogP contribution < -0.4 is 5.32 Å². The Kier molecular flexibility index (Phi) is 6.38. The zero-order valence-electron chi connectivity index (χ0n) is 14.0. The molecule has 7 nitrogen and oxygen atoms in total. The van der Waals surface area contributed by atoms with E-state index in [0.717, 1.165) is 16.5 Å². The summed E-state index contributed by atoms with van der Waals surface area (Å²) in [6, 6.07) is 0. The Morgan fingerprint density at radius 1 is 1.46 bits per heavy atom. The van der Waals surface area contributed by atoms with Crippen LogP contribution in [0.2, 0.25) is 0 Å². The number of nitrogens with one attached hydrogen (secondary N) is 1. The summed E-state index contributed by atoms with van der Waals surface area (Å²) < 4.78 is 6.85. The first-order chi connectivity index (χ1) is 11.5. The molecule has 2 aromatic rings. The zero-order chi connectivity index (χ0) is 17.7. The van der Waals surface area contributed by atoms with E-state index in [1.54, 1.807) is 20.0 Å². The number of carbonyl (C=O) groups is 2. The lowest BCUT2D eigenvalue weighted by atomic mass is 10.3. The second kappa shape index (κ2) is 8.29. The standard InChI is InChI=1S/C15H20N4O3S2/c1-5-10(23-15-16-7-8-19(15)4)12(20)18-14-17-9(3)11(24-14)13(21)22-6-2/h7-8,10H,5-6H2,1-4H3,(H,17,18,20)/t10-/m0/s1. The highest BCUT2D eigenvalue weighted by atomic mass is 32.2. The van der Waals surface area contributed by atoms with Gasteiger partial charge in [0.05, 0.1) is 17.6 Å². The minimum atomic E-state index is -0.414. The second-order valence-corrected chi connectivity index (χ2v) is 7.15. The molecule has 2 heterocycles. The number of nitrogens with zero attached hydrogens (tertiary/aromatic N) is 3. The highest BCUT2D eigenvalue weighted by Crippen LogP contribution is 2.27. The molecule has 0 aliphatic carbocycles. The first-order valence-corrected chi connectivity index (χ1v) is 9.25. The van der Waals surface area contributed by atoms with Gasteiger partial charge in [-0.15, -0.1) is 0 Å². The SMILES string of the molecule is CCOC(=O)c1sc(NC(=O)[C@H](CC)Sc2nccn2C)nc1C. The normalized spacial score (nSPS) is 12.0. The molecule has 0 bridgehead atoms. The maximum Gasteiger partial charge on any atom is 0.350 e. The summed E-state index contributed by atoms with van der Waals surface area (Å²) in [6.45, 7) is 5.71. The number of thiazole rings is 1. The van der Waals surface area contributed by atoms with Gasteiger partial charge in [-0.05, 0) is 20.3 Å². The van der Waals surface area contributed by atoms with Crippen LogP contribution in [-0.2, 0) is 16.6 Å². The van der Waals surface area contributed by atoms with Crippen LogP contribution in [0.3, 0.4) is 0 Å². The molecule has 0 unspecified atom stereocenters. The Balaban J connectivity index is 2.06. The van der Waals surface area contributed by atoms with E-state index >= 15 is 0 Å². The lowest BCUT2D eigenvalue weighted by Gasteiger charge is -2.12. The fourth-order valence-corrected chi connectivity index (χ4v) is 3.74. The number of anilines is 1. The predicted octanol–water partition coefficient (Wildman–Crippen LogP) is 2.87. The van der Waals surface area contributed by atoms with Crippen molar-refractivity contribution in [3.63, 3.8) is 0 Å². The quantitative estimate of drug-likeness (QED) is 0.597. The molecule has 2 rings (SSSR count). The van der Waals surface area contributed by atoms with Crippen molar-refractivity contribution >= 4 is 40.1 Å². The third-order valence-electron chi connectivity index (χ3n) is 3.18. The van der Waals surface area contributed by atoms with Crippen molar-refractivity contribution in [3.8, 4) is 0 Å². The lowest BCUT2D eigenvalue weighted by Crippen LogP contribution is -2.24. The molecule has 0 saturated carbocycles. The van der Waals surface area contributed by atoms with E-state index in [2.05, 4.69) is 15.3 Å². The van der Waals surface area contributed by atoms with Gasteiger partial charge in [-0.2, -0.15) is 0 Å². The van der Waals surface area contributed by atoms with E-state index in [1.807, 2.05) is 24.7 Å².